The molecule has 0 saturated heterocycles. The summed E-state index contributed by atoms with van der Waals surface area (Å²) in [5, 5.41) is 8.54. The lowest BCUT2D eigenvalue weighted by Crippen LogP contribution is -2.10. The van der Waals surface area contributed by atoms with Crippen molar-refractivity contribution in [1.82, 2.24) is 4.98 Å². The fraction of sp³-hybridized carbons (Fsp3) is 0.182. The van der Waals surface area contributed by atoms with E-state index in [-0.39, 0.29) is 15.2 Å². The van der Waals surface area contributed by atoms with Gasteiger partial charge in [-0.15, -0.1) is 11.3 Å². The molecule has 0 unspecified atom stereocenters. The van der Waals surface area contributed by atoms with E-state index in [4.69, 9.17) is 5.11 Å². The second-order valence-corrected chi connectivity index (χ2v) is 4.82. The van der Waals surface area contributed by atoms with Crippen LogP contribution in [0.3, 0.4) is 0 Å². The number of alkyl halides is 6. The van der Waals surface area contributed by atoms with Crippen molar-refractivity contribution in [1.29, 1.82) is 0 Å². The first-order chi connectivity index (χ1) is 9.07. The van der Waals surface area contributed by atoms with Gasteiger partial charge >= 0.3 is 12.4 Å². The van der Waals surface area contributed by atoms with Crippen molar-refractivity contribution in [2.75, 3.05) is 0 Å². The summed E-state index contributed by atoms with van der Waals surface area (Å²) in [7, 11) is 0. The van der Waals surface area contributed by atoms with E-state index >= 15 is 0 Å². The number of aliphatic hydroxyl groups is 1. The maximum Gasteiger partial charge on any atom is 0.448 e. The Labute approximate surface area is 112 Å². The van der Waals surface area contributed by atoms with E-state index in [0.29, 0.717) is 17.4 Å². The Morgan fingerprint density at radius 2 is 1.80 bits per heavy atom. The van der Waals surface area contributed by atoms with Crippen molar-refractivity contribution in [2.45, 2.75) is 12.4 Å². The van der Waals surface area contributed by atoms with E-state index in [9.17, 15) is 26.3 Å². The summed E-state index contributed by atoms with van der Waals surface area (Å²) in [4.78, 5) is 3.70. The lowest BCUT2D eigenvalue weighted by molar-refractivity contribution is -0.137. The molecule has 1 heterocycles. The first-order valence-corrected chi connectivity index (χ1v) is 5.84. The molecule has 0 saturated carbocycles. The van der Waals surface area contributed by atoms with Crippen LogP contribution in [0.1, 0.15) is 10.6 Å². The monoisotopic (exact) mass is 313 g/mol. The van der Waals surface area contributed by atoms with Gasteiger partial charge < -0.3 is 5.11 Å². The third-order valence-corrected chi connectivity index (χ3v) is 3.25. The lowest BCUT2D eigenvalue weighted by atomic mass is 10.2. The summed E-state index contributed by atoms with van der Waals surface area (Å²) < 4.78 is 73.9. The van der Waals surface area contributed by atoms with Gasteiger partial charge in [-0.1, -0.05) is 0 Å². The highest BCUT2D eigenvalue weighted by Crippen LogP contribution is 2.34. The quantitative estimate of drug-likeness (QED) is 0.607. The molecule has 20 heavy (non-hydrogen) atoms. The van der Waals surface area contributed by atoms with Gasteiger partial charge in [0.1, 0.15) is 5.01 Å². The molecule has 0 fully saturated rings. The van der Waals surface area contributed by atoms with Crippen LogP contribution in [0.15, 0.2) is 24.0 Å². The molecule has 0 aliphatic carbocycles. The van der Waals surface area contributed by atoms with Crippen LogP contribution in [0.5, 0.6) is 0 Å². The molecule has 0 spiro atoms. The number of hydrogen-bond acceptors (Lipinski definition) is 3. The van der Waals surface area contributed by atoms with Gasteiger partial charge in [0.2, 0.25) is 5.76 Å². The van der Waals surface area contributed by atoms with Gasteiger partial charge in [0.15, 0.2) is 0 Å². The van der Waals surface area contributed by atoms with Crippen molar-refractivity contribution in [3.05, 3.63) is 34.5 Å². The van der Waals surface area contributed by atoms with Gasteiger partial charge in [0, 0.05) is 6.08 Å². The lowest BCUT2D eigenvalue weighted by Gasteiger charge is -2.04. The highest BCUT2D eigenvalue weighted by molar-refractivity contribution is 7.19. The van der Waals surface area contributed by atoms with E-state index in [2.05, 4.69) is 4.98 Å². The molecule has 2 aromatic rings. The molecule has 0 atom stereocenters. The summed E-state index contributed by atoms with van der Waals surface area (Å²) in [5.74, 6) is -1.85. The Kier molecular flexibility index (Phi) is 3.41. The van der Waals surface area contributed by atoms with Crippen LogP contribution in [0.2, 0.25) is 0 Å². The van der Waals surface area contributed by atoms with Gasteiger partial charge in [-0.25, -0.2) is 4.98 Å². The molecular formula is C11H5F6NOS. The molecule has 0 aliphatic rings. The second-order valence-electron chi connectivity index (χ2n) is 3.76. The molecular weight excluding hydrogens is 308 g/mol. The minimum absolute atomic E-state index is 0.0843. The smallest absolute Gasteiger partial charge is 0.448 e. The van der Waals surface area contributed by atoms with Crippen LogP contribution >= 0.6 is 11.3 Å². The summed E-state index contributed by atoms with van der Waals surface area (Å²) in [6.45, 7) is 0. The Morgan fingerprint density at radius 1 is 1.15 bits per heavy atom. The highest BCUT2D eigenvalue weighted by atomic mass is 32.1. The van der Waals surface area contributed by atoms with Gasteiger partial charge in [-0.2, -0.15) is 26.3 Å². The standard InChI is InChI=1S/C11H5F6NOS/c12-10(13,14)5-1-2-6-7(3-5)20-9(18-6)4-8(19)11(15,16)17/h1-4,19H/b8-4-. The number of aliphatic hydroxyl groups excluding tert-OH is 1. The number of rotatable bonds is 1. The molecule has 1 aromatic carbocycles. The van der Waals surface area contributed by atoms with Crippen molar-refractivity contribution >= 4 is 27.6 Å². The molecule has 0 radical (unpaired) electrons. The zero-order valence-corrected chi connectivity index (χ0v) is 10.2. The van der Waals surface area contributed by atoms with Crippen LogP contribution in [0.25, 0.3) is 16.3 Å². The van der Waals surface area contributed by atoms with Crippen LogP contribution in [0.4, 0.5) is 26.3 Å². The molecule has 1 aromatic heterocycles. The third-order valence-electron chi connectivity index (χ3n) is 2.28. The third kappa shape index (κ3) is 3.03. The van der Waals surface area contributed by atoms with Crippen LogP contribution in [-0.4, -0.2) is 16.3 Å². The first kappa shape index (κ1) is 14.6. The Morgan fingerprint density at radius 3 is 2.35 bits per heavy atom. The molecule has 2 rings (SSSR count). The van der Waals surface area contributed by atoms with E-state index < -0.39 is 23.7 Å². The maximum atomic E-state index is 12.5. The van der Waals surface area contributed by atoms with Crippen molar-refractivity contribution < 1.29 is 31.4 Å². The highest BCUT2D eigenvalue weighted by Gasteiger charge is 2.34. The van der Waals surface area contributed by atoms with Gasteiger partial charge in [0.25, 0.3) is 0 Å². The Hall–Kier alpha value is -1.77. The Balaban J connectivity index is 2.45. The van der Waals surface area contributed by atoms with E-state index in [1.807, 2.05) is 0 Å². The summed E-state index contributed by atoms with van der Waals surface area (Å²) in [5.41, 5.74) is -0.784. The number of allylic oxidation sites excluding steroid dienone is 1. The number of aromatic nitrogens is 1. The van der Waals surface area contributed by atoms with Crippen molar-refractivity contribution in [3.63, 3.8) is 0 Å². The maximum absolute atomic E-state index is 12.5. The predicted octanol–water partition coefficient (Wildman–Crippen LogP) is 4.78. The van der Waals surface area contributed by atoms with Gasteiger partial charge in [-0.3, -0.25) is 0 Å². The minimum Gasteiger partial charge on any atom is -0.504 e. The first-order valence-electron chi connectivity index (χ1n) is 5.03. The number of thiazole rings is 1. The number of benzene rings is 1. The number of fused-ring (bicyclic) bond motifs is 1. The molecule has 1 N–H and O–H groups in total. The van der Waals surface area contributed by atoms with Crippen molar-refractivity contribution in [2.24, 2.45) is 0 Å². The second kappa shape index (κ2) is 4.65. The van der Waals surface area contributed by atoms with E-state index in [0.717, 1.165) is 18.2 Å². The number of nitrogens with zero attached hydrogens (tertiary/aromatic N) is 1. The molecule has 0 aliphatic heterocycles. The van der Waals surface area contributed by atoms with Crippen molar-refractivity contribution in [3.8, 4) is 0 Å². The molecule has 9 heteroatoms. The van der Waals surface area contributed by atoms with Gasteiger partial charge in [-0.05, 0) is 18.2 Å². The predicted molar refractivity (Wildman–Crippen MR) is 61.3 cm³/mol. The average Bonchev–Trinajstić information content (AvgIpc) is 2.67. The number of hydrogen-bond donors (Lipinski definition) is 1. The Bertz CT molecular complexity index is 670. The topological polar surface area (TPSA) is 33.1 Å². The normalized spacial score (nSPS) is 14.0. The SMILES string of the molecule is O/C(=C\c1nc2ccc(C(F)(F)F)cc2s1)C(F)(F)F. The molecule has 0 bridgehead atoms. The van der Waals surface area contributed by atoms with Crippen LogP contribution in [0, 0.1) is 0 Å². The minimum atomic E-state index is -4.92. The van der Waals surface area contributed by atoms with E-state index in [1.165, 1.54) is 0 Å². The summed E-state index contributed by atoms with van der Waals surface area (Å²) in [6.07, 6.45) is -9.09. The van der Waals surface area contributed by atoms with E-state index in [1.54, 1.807) is 0 Å². The summed E-state index contributed by atoms with van der Waals surface area (Å²) >= 11 is 0.624. The fourth-order valence-corrected chi connectivity index (χ4v) is 2.32. The zero-order valence-electron chi connectivity index (χ0n) is 9.38. The summed E-state index contributed by atoms with van der Waals surface area (Å²) in [6, 6.07) is 2.66. The fourth-order valence-electron chi connectivity index (χ4n) is 1.38. The molecule has 108 valence electrons. The van der Waals surface area contributed by atoms with Crippen LogP contribution in [-0.2, 0) is 6.18 Å². The number of halogens is 6. The molecule has 0 amide bonds. The average molecular weight is 313 g/mol. The zero-order chi connectivity index (χ0) is 15.1. The largest absolute Gasteiger partial charge is 0.504 e. The molecule has 2 nitrogen and oxygen atoms in total. The van der Waals surface area contributed by atoms with Gasteiger partial charge in [0.05, 0.1) is 15.8 Å². The van der Waals surface area contributed by atoms with Crippen LogP contribution < -0.4 is 0 Å².